The molecule has 0 N–H and O–H groups in total. The van der Waals surface area contributed by atoms with Gasteiger partial charge in [0.25, 0.3) is 0 Å². The smallest absolute Gasteiger partial charge is 0.245 e. The van der Waals surface area contributed by atoms with E-state index in [-0.39, 0.29) is 11.4 Å². The first-order chi connectivity index (χ1) is 13.5. The molecule has 1 aliphatic heterocycles. The van der Waals surface area contributed by atoms with Gasteiger partial charge in [0.2, 0.25) is 10.0 Å². The molecule has 1 aliphatic rings. The summed E-state index contributed by atoms with van der Waals surface area (Å²) in [6.07, 6.45) is 2.95. The average molecular weight is 398 g/mol. The summed E-state index contributed by atoms with van der Waals surface area (Å²) < 4.78 is 35.6. The Bertz CT molecular complexity index is 1070. The predicted molar refractivity (Wildman–Crippen MR) is 105 cm³/mol. The van der Waals surface area contributed by atoms with Crippen molar-refractivity contribution in [3.63, 3.8) is 0 Å². The lowest BCUT2D eigenvalue weighted by Gasteiger charge is -2.34. The highest BCUT2D eigenvalue weighted by molar-refractivity contribution is 7.89. The number of sulfonamides is 1. The summed E-state index contributed by atoms with van der Waals surface area (Å²) in [5.74, 6) is 0. The van der Waals surface area contributed by atoms with Crippen LogP contribution in [0.3, 0.4) is 0 Å². The summed E-state index contributed by atoms with van der Waals surface area (Å²) in [5, 5.41) is 4.67. The van der Waals surface area contributed by atoms with Crippen LogP contribution in [-0.4, -0.2) is 47.2 Å². The van der Waals surface area contributed by atoms with Gasteiger partial charge in [0, 0.05) is 30.2 Å². The molecule has 4 rings (SSSR count). The molecule has 2 aromatic heterocycles. The Morgan fingerprint density at radius 1 is 1.11 bits per heavy atom. The number of para-hydroxylation sites is 1. The molecular formula is C20H22N4O3S. The third kappa shape index (κ3) is 3.23. The molecule has 0 saturated carbocycles. The maximum atomic E-state index is 13.3. The van der Waals surface area contributed by atoms with Crippen molar-refractivity contribution in [3.05, 3.63) is 71.8 Å². The number of nitrogens with zero attached hydrogens (tertiary/aromatic N) is 4. The van der Waals surface area contributed by atoms with E-state index in [0.29, 0.717) is 13.2 Å². The van der Waals surface area contributed by atoms with E-state index in [1.165, 1.54) is 10.5 Å². The van der Waals surface area contributed by atoms with E-state index in [2.05, 4.69) is 10.1 Å². The number of rotatable bonds is 4. The second-order valence-corrected chi connectivity index (χ2v) is 8.62. The Morgan fingerprint density at radius 3 is 2.61 bits per heavy atom. The van der Waals surface area contributed by atoms with E-state index in [1.807, 2.05) is 48.9 Å². The molecule has 0 unspecified atom stereocenters. The minimum absolute atomic E-state index is 0.188. The van der Waals surface area contributed by atoms with Crippen LogP contribution in [0.15, 0.2) is 59.8 Å². The number of aromatic nitrogens is 3. The van der Waals surface area contributed by atoms with E-state index >= 15 is 0 Å². The lowest BCUT2D eigenvalue weighted by molar-refractivity contribution is 0.0316. The summed E-state index contributed by atoms with van der Waals surface area (Å²) in [5.41, 5.74) is 3.53. The lowest BCUT2D eigenvalue weighted by atomic mass is 10.0. The Kier molecular flexibility index (Phi) is 5.01. The van der Waals surface area contributed by atoms with Crippen LogP contribution in [0.2, 0.25) is 0 Å². The number of morpholine rings is 1. The monoisotopic (exact) mass is 398 g/mol. The number of aryl methyl sites for hydroxylation is 1. The average Bonchev–Trinajstić information content (AvgIpc) is 3.03. The van der Waals surface area contributed by atoms with E-state index in [1.54, 1.807) is 18.3 Å². The first-order valence-electron chi connectivity index (χ1n) is 9.11. The lowest BCUT2D eigenvalue weighted by Crippen LogP contribution is -2.43. The second kappa shape index (κ2) is 7.46. The number of pyridine rings is 1. The van der Waals surface area contributed by atoms with Gasteiger partial charge >= 0.3 is 0 Å². The third-order valence-electron chi connectivity index (χ3n) is 5.00. The van der Waals surface area contributed by atoms with Crippen molar-refractivity contribution in [3.8, 4) is 5.69 Å². The van der Waals surface area contributed by atoms with Crippen LogP contribution in [0.25, 0.3) is 5.69 Å². The highest BCUT2D eigenvalue weighted by atomic mass is 32.2. The second-order valence-electron chi connectivity index (χ2n) is 6.73. The fourth-order valence-electron chi connectivity index (χ4n) is 3.70. The van der Waals surface area contributed by atoms with Gasteiger partial charge in [0.1, 0.15) is 4.90 Å². The Labute approximate surface area is 164 Å². The number of ether oxygens (including phenoxy) is 1. The van der Waals surface area contributed by atoms with Gasteiger partial charge < -0.3 is 4.74 Å². The Morgan fingerprint density at radius 2 is 1.89 bits per heavy atom. The van der Waals surface area contributed by atoms with Gasteiger partial charge in [0.05, 0.1) is 30.6 Å². The van der Waals surface area contributed by atoms with Crippen molar-refractivity contribution in [2.24, 2.45) is 0 Å². The molecule has 1 fully saturated rings. The molecule has 7 nitrogen and oxygen atoms in total. The zero-order chi connectivity index (χ0) is 19.7. The normalized spacial score (nSPS) is 18.3. The van der Waals surface area contributed by atoms with Crippen molar-refractivity contribution >= 4 is 10.0 Å². The van der Waals surface area contributed by atoms with Crippen LogP contribution in [-0.2, 0) is 14.8 Å². The highest BCUT2D eigenvalue weighted by Gasteiger charge is 2.38. The summed E-state index contributed by atoms with van der Waals surface area (Å²) in [4.78, 5) is 4.16. The van der Waals surface area contributed by atoms with E-state index < -0.39 is 16.1 Å². The Balaban J connectivity index is 1.78. The molecular weight excluding hydrogens is 376 g/mol. The maximum Gasteiger partial charge on any atom is 0.245 e. The van der Waals surface area contributed by atoms with Crippen molar-refractivity contribution < 1.29 is 13.2 Å². The topological polar surface area (TPSA) is 77.3 Å². The van der Waals surface area contributed by atoms with Crippen LogP contribution < -0.4 is 0 Å². The van der Waals surface area contributed by atoms with Gasteiger partial charge in [-0.15, -0.1) is 0 Å². The quantitative estimate of drug-likeness (QED) is 0.675. The zero-order valence-electron chi connectivity index (χ0n) is 15.8. The maximum absolute atomic E-state index is 13.3. The molecule has 1 saturated heterocycles. The third-order valence-corrected chi connectivity index (χ3v) is 6.89. The SMILES string of the molecule is Cc1nn(-c2ccccc2)c(C)c1[C@@H]1COCCN1S(=O)(=O)c1cccnc1. The molecule has 3 aromatic rings. The minimum atomic E-state index is -3.69. The highest BCUT2D eigenvalue weighted by Crippen LogP contribution is 2.34. The van der Waals surface area contributed by atoms with Crippen LogP contribution >= 0.6 is 0 Å². The standard InChI is InChI=1S/C20H22N4O3S/c1-15-20(16(2)24(22-15)17-7-4-3-5-8-17)19-14-27-12-11-23(19)28(25,26)18-9-6-10-21-13-18/h3-10,13,19H,11-12,14H2,1-2H3/t19-/m0/s1. The van der Waals surface area contributed by atoms with Crippen molar-refractivity contribution in [2.45, 2.75) is 24.8 Å². The van der Waals surface area contributed by atoms with Crippen molar-refractivity contribution in [1.29, 1.82) is 0 Å². The molecule has 1 atom stereocenters. The fourth-order valence-corrected chi connectivity index (χ4v) is 5.23. The van der Waals surface area contributed by atoms with Gasteiger partial charge in [-0.2, -0.15) is 9.40 Å². The van der Waals surface area contributed by atoms with Crippen LogP contribution in [0.5, 0.6) is 0 Å². The fraction of sp³-hybridized carbons (Fsp3) is 0.300. The minimum Gasteiger partial charge on any atom is -0.378 e. The molecule has 1 aromatic carbocycles. The largest absolute Gasteiger partial charge is 0.378 e. The van der Waals surface area contributed by atoms with E-state index in [4.69, 9.17) is 4.74 Å². The summed E-state index contributed by atoms with van der Waals surface area (Å²) >= 11 is 0. The van der Waals surface area contributed by atoms with Gasteiger partial charge in [-0.3, -0.25) is 4.98 Å². The van der Waals surface area contributed by atoms with Gasteiger partial charge in [-0.05, 0) is 38.1 Å². The number of hydrogen-bond acceptors (Lipinski definition) is 5. The number of hydrogen-bond donors (Lipinski definition) is 0. The molecule has 0 amide bonds. The van der Waals surface area contributed by atoms with Crippen LogP contribution in [0.1, 0.15) is 23.0 Å². The zero-order valence-corrected chi connectivity index (χ0v) is 16.6. The first kappa shape index (κ1) is 18.8. The van der Waals surface area contributed by atoms with E-state index in [9.17, 15) is 8.42 Å². The van der Waals surface area contributed by atoms with Gasteiger partial charge in [-0.25, -0.2) is 13.1 Å². The van der Waals surface area contributed by atoms with Gasteiger partial charge in [-0.1, -0.05) is 18.2 Å². The van der Waals surface area contributed by atoms with E-state index in [0.717, 1.165) is 22.6 Å². The molecule has 0 spiro atoms. The number of benzene rings is 1. The summed E-state index contributed by atoms with van der Waals surface area (Å²) in [6, 6.07) is 12.6. The predicted octanol–water partition coefficient (Wildman–Crippen LogP) is 2.65. The first-order valence-corrected chi connectivity index (χ1v) is 10.6. The molecule has 0 bridgehead atoms. The summed E-state index contributed by atoms with van der Waals surface area (Å²) in [6.45, 7) is 4.82. The molecule has 0 radical (unpaired) electrons. The summed E-state index contributed by atoms with van der Waals surface area (Å²) in [7, 11) is -3.69. The molecule has 146 valence electrons. The van der Waals surface area contributed by atoms with Crippen LogP contribution in [0, 0.1) is 13.8 Å². The Hall–Kier alpha value is -2.55. The van der Waals surface area contributed by atoms with Crippen molar-refractivity contribution in [1.82, 2.24) is 19.1 Å². The molecule has 28 heavy (non-hydrogen) atoms. The molecule has 8 heteroatoms. The van der Waals surface area contributed by atoms with Crippen LogP contribution in [0.4, 0.5) is 0 Å². The van der Waals surface area contributed by atoms with Gasteiger partial charge in [0.15, 0.2) is 0 Å². The van der Waals surface area contributed by atoms with Crippen molar-refractivity contribution in [2.75, 3.05) is 19.8 Å². The molecule has 3 heterocycles. The molecule has 0 aliphatic carbocycles.